The highest BCUT2D eigenvalue weighted by Gasteiger charge is 2.47. The van der Waals surface area contributed by atoms with Crippen LogP contribution in [-0.4, -0.2) is 16.8 Å². The summed E-state index contributed by atoms with van der Waals surface area (Å²) in [4.78, 5) is 24.5. The number of anilines is 1. The van der Waals surface area contributed by atoms with E-state index in [9.17, 15) is 14.7 Å². The van der Waals surface area contributed by atoms with Crippen LogP contribution in [0, 0.1) is 0 Å². The van der Waals surface area contributed by atoms with Crippen molar-refractivity contribution in [2.24, 2.45) is 0 Å². The zero-order chi connectivity index (χ0) is 15.9. The molecule has 0 aromatic heterocycles. The van der Waals surface area contributed by atoms with Crippen molar-refractivity contribution in [2.75, 3.05) is 5.32 Å². The molecule has 0 bridgehead atoms. The first-order valence-electron chi connectivity index (χ1n) is 6.53. The highest BCUT2D eigenvalue weighted by Crippen LogP contribution is 2.44. The highest BCUT2D eigenvalue weighted by atomic mass is 35.5. The van der Waals surface area contributed by atoms with Crippen LogP contribution in [0.3, 0.4) is 0 Å². The van der Waals surface area contributed by atoms with Crippen molar-refractivity contribution in [1.82, 2.24) is 0 Å². The minimum atomic E-state index is -1.98. The standard InChI is InChI=1S/C16H11Cl2NO3/c17-10-6-11-14(12(18)7-10)19-15(21)16(11,22)8-13(20)9-4-2-1-3-5-9/h1-7,22H,8H2,(H,19,21). The first-order valence-corrected chi connectivity index (χ1v) is 7.29. The van der Waals surface area contributed by atoms with Gasteiger partial charge in [-0.15, -0.1) is 0 Å². The zero-order valence-corrected chi connectivity index (χ0v) is 12.8. The number of carbonyl (C=O) groups is 2. The normalized spacial score (nSPS) is 19.7. The lowest BCUT2D eigenvalue weighted by Crippen LogP contribution is -2.36. The molecule has 0 spiro atoms. The molecule has 2 aromatic carbocycles. The van der Waals surface area contributed by atoms with Gasteiger partial charge in [-0.25, -0.2) is 0 Å². The summed E-state index contributed by atoms with van der Waals surface area (Å²) >= 11 is 12.0. The van der Waals surface area contributed by atoms with Crippen molar-refractivity contribution in [2.45, 2.75) is 12.0 Å². The minimum absolute atomic E-state index is 0.221. The summed E-state index contributed by atoms with van der Waals surface area (Å²) in [5.41, 5.74) is -1.04. The third-order valence-corrected chi connectivity index (χ3v) is 4.14. The number of aliphatic hydroxyl groups is 1. The van der Waals surface area contributed by atoms with Crippen LogP contribution >= 0.6 is 23.2 Å². The number of amides is 1. The van der Waals surface area contributed by atoms with Gasteiger partial charge in [0.2, 0.25) is 0 Å². The molecule has 0 saturated carbocycles. The topological polar surface area (TPSA) is 66.4 Å². The second kappa shape index (κ2) is 5.39. The quantitative estimate of drug-likeness (QED) is 0.844. The SMILES string of the molecule is O=C(CC1(O)C(=O)Nc2c(Cl)cc(Cl)cc21)c1ccccc1. The zero-order valence-electron chi connectivity index (χ0n) is 11.3. The van der Waals surface area contributed by atoms with Gasteiger partial charge in [0.15, 0.2) is 11.4 Å². The van der Waals surface area contributed by atoms with Crippen molar-refractivity contribution in [3.8, 4) is 0 Å². The largest absolute Gasteiger partial charge is 0.375 e. The first kappa shape index (κ1) is 15.0. The average molecular weight is 336 g/mol. The molecule has 0 saturated heterocycles. The van der Waals surface area contributed by atoms with E-state index < -0.39 is 11.5 Å². The lowest BCUT2D eigenvalue weighted by molar-refractivity contribution is -0.133. The van der Waals surface area contributed by atoms with E-state index in [0.717, 1.165) is 0 Å². The monoisotopic (exact) mass is 335 g/mol. The smallest absolute Gasteiger partial charge is 0.261 e. The number of carbonyl (C=O) groups excluding carboxylic acids is 2. The Labute approximate surface area is 136 Å². The molecule has 1 unspecified atom stereocenters. The van der Waals surface area contributed by atoms with Crippen molar-refractivity contribution >= 4 is 40.6 Å². The van der Waals surface area contributed by atoms with E-state index >= 15 is 0 Å². The Morgan fingerprint density at radius 3 is 2.55 bits per heavy atom. The third-order valence-electron chi connectivity index (χ3n) is 3.63. The third kappa shape index (κ3) is 2.39. The average Bonchev–Trinajstić information content (AvgIpc) is 2.73. The summed E-state index contributed by atoms with van der Waals surface area (Å²) in [6, 6.07) is 11.4. The summed E-state index contributed by atoms with van der Waals surface area (Å²) in [6.45, 7) is 0. The Bertz CT molecular complexity index is 776. The first-order chi connectivity index (χ1) is 10.4. The van der Waals surface area contributed by atoms with Gasteiger partial charge in [-0.1, -0.05) is 53.5 Å². The molecular formula is C16H11Cl2NO3. The Kier molecular flexibility index (Phi) is 3.68. The highest BCUT2D eigenvalue weighted by molar-refractivity contribution is 6.37. The number of benzene rings is 2. The van der Waals surface area contributed by atoms with E-state index in [1.807, 2.05) is 0 Å². The van der Waals surface area contributed by atoms with Crippen LogP contribution < -0.4 is 5.32 Å². The molecule has 0 radical (unpaired) electrons. The number of fused-ring (bicyclic) bond motifs is 1. The summed E-state index contributed by atoms with van der Waals surface area (Å²) in [6.07, 6.45) is -0.382. The molecule has 1 amide bonds. The van der Waals surface area contributed by atoms with Crippen molar-refractivity contribution < 1.29 is 14.7 Å². The van der Waals surface area contributed by atoms with Gasteiger partial charge in [0.25, 0.3) is 5.91 Å². The van der Waals surface area contributed by atoms with Crippen LogP contribution in [0.5, 0.6) is 0 Å². The minimum Gasteiger partial charge on any atom is -0.375 e. The predicted molar refractivity (Wildman–Crippen MR) is 84.4 cm³/mol. The molecule has 1 aliphatic rings. The number of ketones is 1. The molecule has 0 fully saturated rings. The summed E-state index contributed by atoms with van der Waals surface area (Å²) in [5, 5.41) is 13.8. The molecule has 1 aliphatic heterocycles. The molecule has 6 heteroatoms. The fraction of sp³-hybridized carbons (Fsp3) is 0.125. The number of nitrogens with one attached hydrogen (secondary N) is 1. The van der Waals surface area contributed by atoms with Gasteiger partial charge in [-0.05, 0) is 12.1 Å². The number of hydrogen-bond donors (Lipinski definition) is 2. The maximum Gasteiger partial charge on any atom is 0.261 e. The van der Waals surface area contributed by atoms with Gasteiger partial charge in [0, 0.05) is 16.1 Å². The molecular weight excluding hydrogens is 325 g/mol. The van der Waals surface area contributed by atoms with E-state index in [-0.39, 0.29) is 27.8 Å². The molecule has 1 heterocycles. The summed E-state index contributed by atoms with van der Waals surface area (Å²) in [5.74, 6) is -1.03. The van der Waals surface area contributed by atoms with Gasteiger partial charge in [0.1, 0.15) is 0 Å². The molecule has 112 valence electrons. The maximum atomic E-state index is 12.3. The van der Waals surface area contributed by atoms with E-state index in [1.54, 1.807) is 30.3 Å². The molecule has 2 N–H and O–H groups in total. The second-order valence-electron chi connectivity index (χ2n) is 5.09. The molecule has 22 heavy (non-hydrogen) atoms. The van der Waals surface area contributed by atoms with E-state index in [2.05, 4.69) is 5.32 Å². The molecule has 2 aromatic rings. The van der Waals surface area contributed by atoms with E-state index in [4.69, 9.17) is 23.2 Å². The van der Waals surface area contributed by atoms with Crippen LogP contribution in [0.4, 0.5) is 5.69 Å². The Hall–Kier alpha value is -1.88. The van der Waals surface area contributed by atoms with Crippen LogP contribution in [0.1, 0.15) is 22.3 Å². The van der Waals surface area contributed by atoms with Crippen molar-refractivity contribution in [1.29, 1.82) is 0 Å². The molecule has 1 atom stereocenters. The van der Waals surface area contributed by atoms with Gasteiger partial charge >= 0.3 is 0 Å². The number of rotatable bonds is 3. The van der Waals surface area contributed by atoms with E-state index in [1.165, 1.54) is 12.1 Å². The predicted octanol–water partition coefficient (Wildman–Crippen LogP) is 3.41. The molecule has 3 rings (SSSR count). The lowest BCUT2D eigenvalue weighted by Gasteiger charge is -2.20. The van der Waals surface area contributed by atoms with Gasteiger partial charge in [-0.2, -0.15) is 0 Å². The fourth-order valence-corrected chi connectivity index (χ4v) is 3.04. The number of halogens is 2. The van der Waals surface area contributed by atoms with Crippen molar-refractivity contribution in [3.05, 3.63) is 63.6 Å². The second-order valence-corrected chi connectivity index (χ2v) is 5.93. The summed E-state index contributed by atoms with van der Waals surface area (Å²) < 4.78 is 0. The van der Waals surface area contributed by atoms with Crippen LogP contribution in [0.2, 0.25) is 10.0 Å². The fourth-order valence-electron chi connectivity index (χ4n) is 2.50. The van der Waals surface area contributed by atoms with Gasteiger partial charge < -0.3 is 10.4 Å². The van der Waals surface area contributed by atoms with E-state index in [0.29, 0.717) is 11.3 Å². The lowest BCUT2D eigenvalue weighted by atomic mass is 9.88. The summed E-state index contributed by atoms with van der Waals surface area (Å²) in [7, 11) is 0. The Morgan fingerprint density at radius 1 is 1.18 bits per heavy atom. The molecule has 4 nitrogen and oxygen atoms in total. The Morgan fingerprint density at radius 2 is 1.86 bits per heavy atom. The Balaban J connectivity index is 2.01. The van der Waals surface area contributed by atoms with Crippen molar-refractivity contribution in [3.63, 3.8) is 0 Å². The van der Waals surface area contributed by atoms with Crippen LogP contribution in [-0.2, 0) is 10.4 Å². The number of Topliss-reactive ketones (excluding diaryl/α,β-unsaturated/α-hetero) is 1. The van der Waals surface area contributed by atoms with Gasteiger partial charge in [-0.3, -0.25) is 9.59 Å². The van der Waals surface area contributed by atoms with Crippen LogP contribution in [0.25, 0.3) is 0 Å². The molecule has 0 aliphatic carbocycles. The van der Waals surface area contributed by atoms with Crippen LogP contribution in [0.15, 0.2) is 42.5 Å². The maximum absolute atomic E-state index is 12.3. The van der Waals surface area contributed by atoms with Gasteiger partial charge in [0.05, 0.1) is 17.1 Å². The number of hydrogen-bond acceptors (Lipinski definition) is 3.